The second kappa shape index (κ2) is 5.89. The number of benzene rings is 1. The summed E-state index contributed by atoms with van der Waals surface area (Å²) in [5, 5.41) is 0. The first-order valence-corrected chi connectivity index (χ1v) is 9.01. The van der Waals surface area contributed by atoms with Gasteiger partial charge in [0.25, 0.3) is 0 Å². The van der Waals surface area contributed by atoms with E-state index in [0.29, 0.717) is 13.0 Å². The zero-order valence-corrected chi connectivity index (χ0v) is 14.1. The lowest BCUT2D eigenvalue weighted by Crippen LogP contribution is -2.49. The zero-order chi connectivity index (χ0) is 16.5. The maximum absolute atomic E-state index is 12.4. The van der Waals surface area contributed by atoms with Gasteiger partial charge < -0.3 is 4.74 Å². The van der Waals surface area contributed by atoms with E-state index in [2.05, 4.69) is 4.72 Å². The Kier molecular flexibility index (Phi) is 4.49. The molecule has 0 saturated carbocycles. The third-order valence-corrected chi connectivity index (χ3v) is 3.89. The first kappa shape index (κ1) is 16.8. The zero-order valence-electron chi connectivity index (χ0n) is 13.3. The first-order valence-electron chi connectivity index (χ1n) is 7.11. The Labute approximate surface area is 131 Å². The first-order chi connectivity index (χ1) is 10.1. The summed E-state index contributed by atoms with van der Waals surface area (Å²) in [5.74, 6) is 0. The molecule has 0 bridgehead atoms. The molecule has 1 aliphatic rings. The highest BCUT2D eigenvalue weighted by Gasteiger charge is 2.34. The van der Waals surface area contributed by atoms with Gasteiger partial charge >= 0.3 is 6.09 Å². The maximum atomic E-state index is 12.4. The fourth-order valence-electron chi connectivity index (χ4n) is 2.41. The van der Waals surface area contributed by atoms with E-state index in [1.807, 2.05) is 24.3 Å². The highest BCUT2D eigenvalue weighted by atomic mass is 32.2. The average molecular weight is 326 g/mol. The van der Waals surface area contributed by atoms with E-state index in [0.717, 1.165) is 17.4 Å². The minimum atomic E-state index is -3.48. The Balaban J connectivity index is 2.35. The van der Waals surface area contributed by atoms with Gasteiger partial charge in [-0.2, -0.15) is 4.72 Å². The Morgan fingerprint density at radius 3 is 2.55 bits per heavy atom. The van der Waals surface area contributed by atoms with Gasteiger partial charge in [-0.1, -0.05) is 24.3 Å². The highest BCUT2D eigenvalue weighted by Crippen LogP contribution is 2.29. The lowest BCUT2D eigenvalue weighted by Gasteiger charge is -2.37. The van der Waals surface area contributed by atoms with Gasteiger partial charge in [0.2, 0.25) is 10.0 Å². The van der Waals surface area contributed by atoms with Crippen molar-refractivity contribution in [3.05, 3.63) is 35.4 Å². The molecule has 1 amide bonds. The van der Waals surface area contributed by atoms with Gasteiger partial charge in [-0.05, 0) is 38.3 Å². The summed E-state index contributed by atoms with van der Waals surface area (Å²) in [5.41, 5.74) is 1.18. The standard InChI is InChI=1S/C15H22N2O4S/c1-15(2,3)21-14(18)17-10-9-11-7-5-6-8-12(11)13(17)16-22(4,19)20/h5-8,13,16H,9-10H2,1-4H3. The van der Waals surface area contributed by atoms with Crippen LogP contribution >= 0.6 is 0 Å². The summed E-state index contributed by atoms with van der Waals surface area (Å²) in [6.07, 6.45) is 0.479. The number of rotatable bonds is 2. The van der Waals surface area contributed by atoms with Gasteiger partial charge in [0.15, 0.2) is 0 Å². The number of hydrogen-bond donors (Lipinski definition) is 1. The van der Waals surface area contributed by atoms with Crippen molar-refractivity contribution in [2.45, 2.75) is 39.0 Å². The molecular weight excluding hydrogens is 304 g/mol. The molecule has 1 aromatic carbocycles. The van der Waals surface area contributed by atoms with Crippen LogP contribution in [0.2, 0.25) is 0 Å². The van der Waals surface area contributed by atoms with Crippen molar-refractivity contribution in [1.82, 2.24) is 9.62 Å². The van der Waals surface area contributed by atoms with Crippen LogP contribution in [0.25, 0.3) is 0 Å². The predicted molar refractivity (Wildman–Crippen MR) is 83.8 cm³/mol. The minimum Gasteiger partial charge on any atom is -0.444 e. The SMILES string of the molecule is CC(C)(C)OC(=O)N1CCc2ccccc2C1NS(C)(=O)=O. The molecule has 122 valence electrons. The molecule has 0 fully saturated rings. The summed E-state index contributed by atoms with van der Waals surface area (Å²) in [6.45, 7) is 5.74. The summed E-state index contributed by atoms with van der Waals surface area (Å²) < 4.78 is 31.3. The molecule has 6 nitrogen and oxygen atoms in total. The van der Waals surface area contributed by atoms with Crippen molar-refractivity contribution in [1.29, 1.82) is 0 Å². The molecule has 1 N–H and O–H groups in total. The van der Waals surface area contributed by atoms with E-state index in [1.165, 1.54) is 4.90 Å². The van der Waals surface area contributed by atoms with Crippen LogP contribution in [-0.4, -0.2) is 37.8 Å². The molecule has 0 aromatic heterocycles. The normalized spacial score (nSPS) is 18.7. The van der Waals surface area contributed by atoms with E-state index in [1.54, 1.807) is 20.8 Å². The third kappa shape index (κ3) is 4.20. The molecule has 1 atom stereocenters. The van der Waals surface area contributed by atoms with Crippen LogP contribution in [0.4, 0.5) is 4.79 Å². The summed E-state index contributed by atoms with van der Waals surface area (Å²) in [6, 6.07) is 7.50. The molecule has 7 heteroatoms. The third-order valence-electron chi connectivity index (χ3n) is 3.24. The van der Waals surface area contributed by atoms with Crippen LogP contribution < -0.4 is 4.72 Å². The molecule has 1 unspecified atom stereocenters. The fraction of sp³-hybridized carbons (Fsp3) is 0.533. The maximum Gasteiger partial charge on any atom is 0.411 e. The quantitative estimate of drug-likeness (QED) is 0.902. The molecule has 2 rings (SSSR count). The second-order valence-electron chi connectivity index (χ2n) is 6.42. The Bertz CT molecular complexity index is 664. The Morgan fingerprint density at radius 2 is 1.95 bits per heavy atom. The van der Waals surface area contributed by atoms with Gasteiger partial charge in [0.05, 0.1) is 6.26 Å². The van der Waals surface area contributed by atoms with Gasteiger partial charge in [0, 0.05) is 6.54 Å². The van der Waals surface area contributed by atoms with E-state index < -0.39 is 27.9 Å². The van der Waals surface area contributed by atoms with E-state index in [4.69, 9.17) is 4.74 Å². The predicted octanol–water partition coefficient (Wildman–Crippen LogP) is 2.03. The summed E-state index contributed by atoms with van der Waals surface area (Å²) in [7, 11) is -3.48. The van der Waals surface area contributed by atoms with E-state index in [9.17, 15) is 13.2 Å². The van der Waals surface area contributed by atoms with Gasteiger partial charge in [-0.3, -0.25) is 4.90 Å². The molecule has 1 heterocycles. The van der Waals surface area contributed by atoms with Crippen LogP contribution in [0.15, 0.2) is 24.3 Å². The molecule has 22 heavy (non-hydrogen) atoms. The summed E-state index contributed by atoms with van der Waals surface area (Å²) >= 11 is 0. The van der Waals surface area contributed by atoms with Crippen LogP contribution in [0, 0.1) is 0 Å². The number of nitrogens with zero attached hydrogens (tertiary/aromatic N) is 1. The lowest BCUT2D eigenvalue weighted by molar-refractivity contribution is 0.0130. The number of fused-ring (bicyclic) bond motifs is 1. The molecular formula is C15H22N2O4S. The van der Waals surface area contributed by atoms with Crippen molar-refractivity contribution in [3.63, 3.8) is 0 Å². The number of nitrogens with one attached hydrogen (secondary N) is 1. The number of carbonyl (C=O) groups excluding carboxylic acids is 1. The number of ether oxygens (including phenoxy) is 1. The van der Waals surface area contributed by atoms with E-state index in [-0.39, 0.29) is 0 Å². The number of carbonyl (C=O) groups is 1. The molecule has 1 aliphatic heterocycles. The molecule has 0 aliphatic carbocycles. The average Bonchev–Trinajstić information content (AvgIpc) is 2.35. The van der Waals surface area contributed by atoms with Crippen molar-refractivity contribution in [2.24, 2.45) is 0 Å². The van der Waals surface area contributed by atoms with Crippen LogP contribution in [0.3, 0.4) is 0 Å². The largest absolute Gasteiger partial charge is 0.444 e. The molecule has 0 saturated heterocycles. The fourth-order valence-corrected chi connectivity index (χ4v) is 3.07. The van der Waals surface area contributed by atoms with Crippen molar-refractivity contribution >= 4 is 16.1 Å². The number of hydrogen-bond acceptors (Lipinski definition) is 4. The molecule has 0 spiro atoms. The van der Waals surface area contributed by atoms with E-state index >= 15 is 0 Å². The second-order valence-corrected chi connectivity index (χ2v) is 8.20. The molecule has 1 aromatic rings. The van der Waals surface area contributed by atoms with Gasteiger partial charge in [-0.25, -0.2) is 13.2 Å². The van der Waals surface area contributed by atoms with Gasteiger partial charge in [0.1, 0.15) is 11.8 Å². The van der Waals surface area contributed by atoms with Gasteiger partial charge in [-0.15, -0.1) is 0 Å². The van der Waals surface area contributed by atoms with Crippen LogP contribution in [0.1, 0.15) is 38.1 Å². The van der Waals surface area contributed by atoms with Crippen LogP contribution in [-0.2, 0) is 21.2 Å². The molecule has 0 radical (unpaired) electrons. The Morgan fingerprint density at radius 1 is 1.32 bits per heavy atom. The van der Waals surface area contributed by atoms with Crippen LogP contribution in [0.5, 0.6) is 0 Å². The number of amides is 1. The van der Waals surface area contributed by atoms with Crippen molar-refractivity contribution in [2.75, 3.05) is 12.8 Å². The van der Waals surface area contributed by atoms with Crippen molar-refractivity contribution < 1.29 is 17.9 Å². The lowest BCUT2D eigenvalue weighted by atomic mass is 9.97. The Hall–Kier alpha value is -1.60. The number of sulfonamides is 1. The van der Waals surface area contributed by atoms with Crippen molar-refractivity contribution in [3.8, 4) is 0 Å². The highest BCUT2D eigenvalue weighted by molar-refractivity contribution is 7.88. The monoisotopic (exact) mass is 326 g/mol. The summed E-state index contributed by atoms with van der Waals surface area (Å²) in [4.78, 5) is 13.8. The minimum absolute atomic E-state index is 0.402. The topological polar surface area (TPSA) is 75.7 Å². The smallest absolute Gasteiger partial charge is 0.411 e.